The third-order valence-electron chi connectivity index (χ3n) is 2.52. The van der Waals surface area contributed by atoms with Crippen molar-refractivity contribution in [2.45, 2.75) is 13.0 Å². The van der Waals surface area contributed by atoms with Crippen molar-refractivity contribution < 1.29 is 14.6 Å². The second-order valence-corrected chi connectivity index (χ2v) is 4.09. The fourth-order valence-electron chi connectivity index (χ4n) is 1.50. The molecule has 0 saturated heterocycles. The lowest BCUT2D eigenvalue weighted by atomic mass is 10.3. The van der Waals surface area contributed by atoms with Crippen LogP contribution in [0.2, 0.25) is 0 Å². The highest BCUT2D eigenvalue weighted by molar-refractivity contribution is 5.92. The molecule has 1 N–H and O–H groups in total. The fourth-order valence-corrected chi connectivity index (χ4v) is 1.50. The molecule has 0 aliphatic heterocycles. The number of hydrogen-bond acceptors (Lipinski definition) is 4. The minimum Gasteiger partial charge on any atom is -0.389 e. The maximum absolute atomic E-state index is 11.9. The molecule has 0 bridgehead atoms. The second kappa shape index (κ2) is 5.79. The number of amides is 1. The monoisotopic (exact) mass is 241 g/mol. The third kappa shape index (κ3) is 3.54. The number of carbonyl (C=O) groups is 1. The van der Waals surface area contributed by atoms with Crippen LogP contribution < -0.4 is 0 Å². The first kappa shape index (κ1) is 13.7. The number of aromatic nitrogens is 2. The largest absolute Gasteiger partial charge is 0.389 e. The smallest absolute Gasteiger partial charge is 0.274 e. The number of aliphatic hydroxyl groups excluding tert-OH is 1. The number of aliphatic hydroxyl groups is 1. The Hall–Kier alpha value is -1.40. The Kier molecular flexibility index (Phi) is 4.65. The third-order valence-corrected chi connectivity index (χ3v) is 2.52. The summed E-state index contributed by atoms with van der Waals surface area (Å²) < 4.78 is 6.45. The van der Waals surface area contributed by atoms with Crippen LogP contribution >= 0.6 is 0 Å². The average Bonchev–Trinajstić information content (AvgIpc) is 2.58. The molecule has 1 aromatic heterocycles. The number of carbonyl (C=O) groups excluding carboxylic acids is 1. The van der Waals surface area contributed by atoms with Crippen LogP contribution in [0.5, 0.6) is 0 Å². The zero-order valence-electron chi connectivity index (χ0n) is 10.7. The molecule has 1 unspecified atom stereocenters. The van der Waals surface area contributed by atoms with Crippen LogP contribution in [0.25, 0.3) is 0 Å². The zero-order chi connectivity index (χ0) is 13.0. The van der Waals surface area contributed by atoms with Crippen molar-refractivity contribution in [3.63, 3.8) is 0 Å². The quantitative estimate of drug-likeness (QED) is 0.775. The number of nitrogens with zero attached hydrogens (tertiary/aromatic N) is 3. The molecule has 0 aliphatic rings. The molecule has 0 fully saturated rings. The second-order valence-electron chi connectivity index (χ2n) is 4.09. The van der Waals surface area contributed by atoms with Gasteiger partial charge in [0.1, 0.15) is 0 Å². The molecule has 6 nitrogen and oxygen atoms in total. The first-order valence-corrected chi connectivity index (χ1v) is 5.38. The lowest BCUT2D eigenvalue weighted by Crippen LogP contribution is -2.36. The van der Waals surface area contributed by atoms with Crippen molar-refractivity contribution in [3.05, 3.63) is 17.5 Å². The van der Waals surface area contributed by atoms with Gasteiger partial charge in [-0.2, -0.15) is 5.10 Å². The first-order valence-electron chi connectivity index (χ1n) is 5.38. The van der Waals surface area contributed by atoms with Crippen LogP contribution in [-0.4, -0.2) is 59.1 Å². The summed E-state index contributed by atoms with van der Waals surface area (Å²) >= 11 is 0. The van der Waals surface area contributed by atoms with Crippen LogP contribution in [0.1, 0.15) is 16.2 Å². The molecule has 0 saturated carbocycles. The van der Waals surface area contributed by atoms with E-state index in [-0.39, 0.29) is 19.1 Å². The topological polar surface area (TPSA) is 67.6 Å². The molecule has 96 valence electrons. The Morgan fingerprint density at radius 1 is 1.71 bits per heavy atom. The molecule has 17 heavy (non-hydrogen) atoms. The lowest BCUT2D eigenvalue weighted by molar-refractivity contribution is 0.0377. The summed E-state index contributed by atoms with van der Waals surface area (Å²) in [5.74, 6) is -0.205. The number of likely N-dealkylation sites (N-methyl/N-ethyl adjacent to an activating group) is 1. The van der Waals surface area contributed by atoms with Crippen LogP contribution in [-0.2, 0) is 11.8 Å². The molecule has 0 aliphatic carbocycles. The highest BCUT2D eigenvalue weighted by Crippen LogP contribution is 2.05. The van der Waals surface area contributed by atoms with Crippen molar-refractivity contribution in [3.8, 4) is 0 Å². The minimum atomic E-state index is -0.682. The number of hydrogen-bond donors (Lipinski definition) is 1. The van der Waals surface area contributed by atoms with Gasteiger partial charge in [0.05, 0.1) is 12.7 Å². The van der Waals surface area contributed by atoms with Gasteiger partial charge in [0.2, 0.25) is 0 Å². The molecule has 1 heterocycles. The molecule has 1 amide bonds. The summed E-state index contributed by atoms with van der Waals surface area (Å²) in [6, 6.07) is 1.72. The standard InChI is InChI=1S/C11H19N3O3/c1-8-5-10(12-14(8)3)11(16)13(2)6-9(15)7-17-4/h5,9,15H,6-7H2,1-4H3. The van der Waals surface area contributed by atoms with Crippen molar-refractivity contribution in [2.75, 3.05) is 27.3 Å². The van der Waals surface area contributed by atoms with Crippen molar-refractivity contribution in [2.24, 2.45) is 7.05 Å². The van der Waals surface area contributed by atoms with Gasteiger partial charge in [-0.15, -0.1) is 0 Å². The van der Waals surface area contributed by atoms with Crippen LogP contribution in [0.15, 0.2) is 6.07 Å². The molecular formula is C11H19N3O3. The van der Waals surface area contributed by atoms with Crippen LogP contribution in [0.3, 0.4) is 0 Å². The van der Waals surface area contributed by atoms with Gasteiger partial charge in [0, 0.05) is 33.4 Å². The Morgan fingerprint density at radius 3 is 2.82 bits per heavy atom. The predicted octanol–water partition coefficient (Wildman–Crippen LogP) is -0.192. The normalized spacial score (nSPS) is 12.5. The van der Waals surface area contributed by atoms with Gasteiger partial charge in [0.15, 0.2) is 5.69 Å². The number of ether oxygens (including phenoxy) is 1. The number of rotatable bonds is 5. The first-order chi connectivity index (χ1) is 7.95. The van der Waals surface area contributed by atoms with Crippen molar-refractivity contribution >= 4 is 5.91 Å². The minimum absolute atomic E-state index is 0.205. The Balaban J connectivity index is 2.63. The van der Waals surface area contributed by atoms with E-state index in [1.807, 2.05) is 6.92 Å². The highest BCUT2D eigenvalue weighted by Gasteiger charge is 2.18. The summed E-state index contributed by atoms with van der Waals surface area (Å²) in [4.78, 5) is 13.4. The van der Waals surface area contributed by atoms with E-state index in [4.69, 9.17) is 4.74 Å². The van der Waals surface area contributed by atoms with Gasteiger partial charge in [-0.3, -0.25) is 9.48 Å². The van der Waals surface area contributed by atoms with E-state index in [2.05, 4.69) is 5.10 Å². The van der Waals surface area contributed by atoms with E-state index in [1.165, 1.54) is 12.0 Å². The Labute approximate surface area is 101 Å². The van der Waals surface area contributed by atoms with E-state index in [0.29, 0.717) is 5.69 Å². The van der Waals surface area contributed by atoms with Crippen molar-refractivity contribution in [1.29, 1.82) is 0 Å². The van der Waals surface area contributed by atoms with Crippen molar-refractivity contribution in [1.82, 2.24) is 14.7 Å². The van der Waals surface area contributed by atoms with E-state index in [1.54, 1.807) is 24.8 Å². The molecular weight excluding hydrogens is 222 g/mol. The van der Waals surface area contributed by atoms with Gasteiger partial charge in [-0.1, -0.05) is 0 Å². The van der Waals surface area contributed by atoms with E-state index >= 15 is 0 Å². The molecule has 1 rings (SSSR count). The van der Waals surface area contributed by atoms with Gasteiger partial charge >= 0.3 is 0 Å². The summed E-state index contributed by atoms with van der Waals surface area (Å²) in [6.07, 6.45) is -0.682. The van der Waals surface area contributed by atoms with E-state index in [0.717, 1.165) is 5.69 Å². The highest BCUT2D eigenvalue weighted by atomic mass is 16.5. The molecule has 1 aromatic rings. The average molecular weight is 241 g/mol. The SMILES string of the molecule is COCC(O)CN(C)C(=O)c1cc(C)n(C)n1. The Morgan fingerprint density at radius 2 is 2.35 bits per heavy atom. The van der Waals surface area contributed by atoms with Gasteiger partial charge in [-0.25, -0.2) is 0 Å². The molecule has 0 aromatic carbocycles. The van der Waals surface area contributed by atoms with Gasteiger partial charge < -0.3 is 14.7 Å². The van der Waals surface area contributed by atoms with E-state index in [9.17, 15) is 9.90 Å². The number of methoxy groups -OCH3 is 1. The van der Waals surface area contributed by atoms with Gasteiger partial charge in [-0.05, 0) is 13.0 Å². The number of aryl methyl sites for hydroxylation is 2. The maximum atomic E-state index is 11.9. The molecule has 6 heteroatoms. The molecule has 0 spiro atoms. The molecule has 0 radical (unpaired) electrons. The van der Waals surface area contributed by atoms with Gasteiger partial charge in [0.25, 0.3) is 5.91 Å². The zero-order valence-corrected chi connectivity index (χ0v) is 10.7. The summed E-state index contributed by atoms with van der Waals surface area (Å²) in [6.45, 7) is 2.31. The van der Waals surface area contributed by atoms with Crippen LogP contribution in [0, 0.1) is 6.92 Å². The summed E-state index contributed by atoms with van der Waals surface area (Å²) in [5.41, 5.74) is 1.30. The fraction of sp³-hybridized carbons (Fsp3) is 0.636. The summed E-state index contributed by atoms with van der Waals surface area (Å²) in [7, 11) is 4.92. The Bertz CT molecular complexity index is 370. The molecule has 1 atom stereocenters. The summed E-state index contributed by atoms with van der Waals surface area (Å²) in [5, 5.41) is 13.6. The van der Waals surface area contributed by atoms with E-state index < -0.39 is 6.10 Å². The lowest BCUT2D eigenvalue weighted by Gasteiger charge is -2.19. The predicted molar refractivity (Wildman–Crippen MR) is 62.8 cm³/mol. The van der Waals surface area contributed by atoms with Crippen LogP contribution in [0.4, 0.5) is 0 Å². The maximum Gasteiger partial charge on any atom is 0.274 e.